The van der Waals surface area contributed by atoms with Crippen LogP contribution in [-0.2, 0) is 0 Å². The molecule has 0 bridgehead atoms. The third kappa shape index (κ3) is 4.74. The summed E-state index contributed by atoms with van der Waals surface area (Å²) >= 11 is 5.73. The Hall–Kier alpha value is -3.12. The van der Waals surface area contributed by atoms with Gasteiger partial charge in [0, 0.05) is 43.0 Å². The van der Waals surface area contributed by atoms with Crippen molar-refractivity contribution < 1.29 is 9.18 Å². The van der Waals surface area contributed by atoms with E-state index >= 15 is 0 Å². The zero-order chi connectivity index (χ0) is 19.4. The molecule has 7 heteroatoms. The van der Waals surface area contributed by atoms with Gasteiger partial charge in [-0.05, 0) is 54.6 Å². The lowest BCUT2D eigenvalue weighted by molar-refractivity contribution is 0.102. The average molecular weight is 385 g/mol. The van der Waals surface area contributed by atoms with E-state index in [1.54, 1.807) is 18.3 Å². The molecule has 0 saturated heterocycles. The lowest BCUT2D eigenvalue weighted by atomic mass is 10.2. The summed E-state index contributed by atoms with van der Waals surface area (Å²) in [5, 5.41) is 5.83. The van der Waals surface area contributed by atoms with Gasteiger partial charge in [0.15, 0.2) is 0 Å². The molecule has 1 aromatic heterocycles. The Kier molecular flexibility index (Phi) is 5.57. The minimum Gasteiger partial charge on any atom is -0.378 e. The Morgan fingerprint density at radius 2 is 1.70 bits per heavy atom. The van der Waals surface area contributed by atoms with Crippen LogP contribution in [0, 0.1) is 5.82 Å². The topological polar surface area (TPSA) is 57.3 Å². The number of aromatic nitrogens is 1. The normalized spacial score (nSPS) is 10.4. The highest BCUT2D eigenvalue weighted by Gasteiger charge is 2.10. The van der Waals surface area contributed by atoms with Crippen molar-refractivity contribution in [1.82, 2.24) is 4.98 Å². The number of pyridine rings is 1. The fraction of sp³-hybridized carbons (Fsp3) is 0.100. The molecular formula is C20H18ClFN4O. The van der Waals surface area contributed by atoms with E-state index in [2.05, 4.69) is 15.6 Å². The van der Waals surface area contributed by atoms with E-state index < -0.39 is 11.7 Å². The quantitative estimate of drug-likeness (QED) is 0.654. The minimum atomic E-state index is -0.542. The Bertz CT molecular complexity index is 960. The van der Waals surface area contributed by atoms with E-state index in [9.17, 15) is 9.18 Å². The van der Waals surface area contributed by atoms with Gasteiger partial charge in [-0.2, -0.15) is 0 Å². The molecule has 3 aromatic rings. The number of nitrogens with one attached hydrogen (secondary N) is 2. The van der Waals surface area contributed by atoms with Crippen LogP contribution < -0.4 is 15.5 Å². The second-order valence-electron chi connectivity index (χ2n) is 6.08. The second-order valence-corrected chi connectivity index (χ2v) is 6.49. The van der Waals surface area contributed by atoms with Crippen molar-refractivity contribution in [3.05, 3.63) is 77.3 Å². The lowest BCUT2D eigenvalue weighted by Gasteiger charge is -2.13. The Labute approximate surface area is 161 Å². The molecule has 2 N–H and O–H groups in total. The molecule has 0 radical (unpaired) electrons. The molecule has 0 atom stereocenters. The summed E-state index contributed by atoms with van der Waals surface area (Å²) in [4.78, 5) is 18.5. The molecule has 0 fully saturated rings. The van der Waals surface area contributed by atoms with Crippen LogP contribution in [0.5, 0.6) is 0 Å². The molecule has 138 valence electrons. The molecule has 1 amide bonds. The van der Waals surface area contributed by atoms with Crippen LogP contribution in [-0.4, -0.2) is 25.0 Å². The van der Waals surface area contributed by atoms with Crippen LogP contribution >= 0.6 is 11.6 Å². The molecule has 0 unspecified atom stereocenters. The van der Waals surface area contributed by atoms with Crippen molar-refractivity contribution in [3.63, 3.8) is 0 Å². The smallest absolute Gasteiger partial charge is 0.274 e. The van der Waals surface area contributed by atoms with Gasteiger partial charge in [-0.25, -0.2) is 4.39 Å². The first-order valence-electron chi connectivity index (χ1n) is 8.19. The molecule has 3 rings (SSSR count). The summed E-state index contributed by atoms with van der Waals surface area (Å²) in [7, 11) is 3.95. The van der Waals surface area contributed by atoms with Crippen molar-refractivity contribution in [1.29, 1.82) is 0 Å². The van der Waals surface area contributed by atoms with E-state index in [-0.39, 0.29) is 10.7 Å². The predicted octanol–water partition coefficient (Wildman–Crippen LogP) is 4.94. The number of rotatable bonds is 5. The van der Waals surface area contributed by atoms with Gasteiger partial charge < -0.3 is 15.5 Å². The van der Waals surface area contributed by atoms with Gasteiger partial charge in [0.25, 0.3) is 5.91 Å². The molecule has 0 spiro atoms. The van der Waals surface area contributed by atoms with E-state index in [0.29, 0.717) is 5.69 Å². The van der Waals surface area contributed by atoms with Gasteiger partial charge in [-0.1, -0.05) is 11.6 Å². The molecule has 0 aliphatic heterocycles. The maximum Gasteiger partial charge on any atom is 0.274 e. The molecular weight excluding hydrogens is 367 g/mol. The summed E-state index contributed by atoms with van der Waals surface area (Å²) in [6.45, 7) is 0. The van der Waals surface area contributed by atoms with Crippen molar-refractivity contribution in [2.45, 2.75) is 0 Å². The van der Waals surface area contributed by atoms with Crippen LogP contribution in [0.25, 0.3) is 0 Å². The highest BCUT2D eigenvalue weighted by atomic mass is 35.5. The Balaban J connectivity index is 1.72. The maximum absolute atomic E-state index is 13.2. The van der Waals surface area contributed by atoms with E-state index in [4.69, 9.17) is 11.6 Å². The molecule has 1 heterocycles. The average Bonchev–Trinajstić information content (AvgIpc) is 2.65. The fourth-order valence-electron chi connectivity index (χ4n) is 2.41. The highest BCUT2D eigenvalue weighted by Crippen LogP contribution is 2.22. The van der Waals surface area contributed by atoms with Crippen molar-refractivity contribution in [2.24, 2.45) is 0 Å². The van der Waals surface area contributed by atoms with Crippen LogP contribution in [0.15, 0.2) is 60.8 Å². The van der Waals surface area contributed by atoms with Crippen LogP contribution in [0.2, 0.25) is 5.02 Å². The van der Waals surface area contributed by atoms with Gasteiger partial charge in [-0.15, -0.1) is 0 Å². The van der Waals surface area contributed by atoms with Crippen LogP contribution in [0.1, 0.15) is 10.5 Å². The zero-order valence-electron chi connectivity index (χ0n) is 14.8. The molecule has 0 aliphatic rings. The maximum atomic E-state index is 13.2. The van der Waals surface area contributed by atoms with Gasteiger partial charge in [-0.3, -0.25) is 9.78 Å². The molecule has 5 nitrogen and oxygen atoms in total. The summed E-state index contributed by atoms with van der Waals surface area (Å²) < 4.78 is 13.2. The number of anilines is 4. The number of amides is 1. The third-order valence-corrected chi connectivity index (χ3v) is 4.13. The molecule has 0 saturated carbocycles. The van der Waals surface area contributed by atoms with Crippen molar-refractivity contribution in [3.8, 4) is 0 Å². The number of carbonyl (C=O) groups excluding carboxylic acids is 1. The molecule has 27 heavy (non-hydrogen) atoms. The molecule has 0 aliphatic carbocycles. The number of hydrogen-bond acceptors (Lipinski definition) is 4. The van der Waals surface area contributed by atoms with E-state index in [1.165, 1.54) is 18.2 Å². The number of hydrogen-bond donors (Lipinski definition) is 2. The first-order valence-corrected chi connectivity index (χ1v) is 8.57. The highest BCUT2D eigenvalue weighted by molar-refractivity contribution is 6.31. The Morgan fingerprint density at radius 3 is 2.37 bits per heavy atom. The van der Waals surface area contributed by atoms with Gasteiger partial charge in [0.2, 0.25) is 0 Å². The number of halogens is 2. The minimum absolute atomic E-state index is 0.0580. The predicted molar refractivity (Wildman–Crippen MR) is 108 cm³/mol. The van der Waals surface area contributed by atoms with E-state index in [0.717, 1.165) is 17.1 Å². The van der Waals surface area contributed by atoms with Gasteiger partial charge >= 0.3 is 0 Å². The van der Waals surface area contributed by atoms with Crippen molar-refractivity contribution in [2.75, 3.05) is 29.6 Å². The van der Waals surface area contributed by atoms with Crippen LogP contribution in [0.3, 0.4) is 0 Å². The molecule has 2 aromatic carbocycles. The first-order chi connectivity index (χ1) is 12.9. The van der Waals surface area contributed by atoms with Crippen molar-refractivity contribution >= 4 is 40.3 Å². The summed E-state index contributed by atoms with van der Waals surface area (Å²) in [6.07, 6.45) is 1.54. The summed E-state index contributed by atoms with van der Waals surface area (Å²) in [5.41, 5.74) is 3.33. The summed E-state index contributed by atoms with van der Waals surface area (Å²) in [6, 6.07) is 15.3. The number of carbonyl (C=O) groups is 1. The zero-order valence-corrected chi connectivity index (χ0v) is 15.6. The number of benzene rings is 2. The monoisotopic (exact) mass is 384 g/mol. The Morgan fingerprint density at radius 1 is 1.00 bits per heavy atom. The first kappa shape index (κ1) is 18.7. The fourth-order valence-corrected chi connectivity index (χ4v) is 2.59. The lowest BCUT2D eigenvalue weighted by Crippen LogP contribution is -2.14. The SMILES string of the molecule is CN(C)c1ccc(Nc2ccnc(C(=O)Nc3ccc(F)c(Cl)c3)c2)cc1. The van der Waals surface area contributed by atoms with Gasteiger partial charge in [0.05, 0.1) is 5.02 Å². The van der Waals surface area contributed by atoms with Gasteiger partial charge in [0.1, 0.15) is 11.5 Å². The standard InChI is InChI=1S/C20H18ClFN4O/c1-26(2)16-6-3-13(4-7-16)24-15-9-10-23-19(12-15)20(27)25-14-5-8-18(22)17(21)11-14/h3-12H,1-2H3,(H,23,24)(H,25,27). The third-order valence-electron chi connectivity index (χ3n) is 3.84. The summed E-state index contributed by atoms with van der Waals surface area (Å²) in [5.74, 6) is -0.955. The largest absolute Gasteiger partial charge is 0.378 e. The van der Waals surface area contributed by atoms with Crippen LogP contribution in [0.4, 0.5) is 27.1 Å². The second kappa shape index (κ2) is 8.05. The van der Waals surface area contributed by atoms with E-state index in [1.807, 2.05) is 43.3 Å². The number of nitrogens with zero attached hydrogens (tertiary/aromatic N) is 2.